The van der Waals surface area contributed by atoms with Gasteiger partial charge < -0.3 is 5.32 Å². The number of hydrogen-bond donors (Lipinski definition) is 3. The van der Waals surface area contributed by atoms with Crippen LogP contribution in [-0.2, 0) is 11.0 Å². The summed E-state index contributed by atoms with van der Waals surface area (Å²) in [5.41, 5.74) is 6.68. The minimum absolute atomic E-state index is 0.186. The van der Waals surface area contributed by atoms with Gasteiger partial charge in [0.15, 0.2) is 0 Å². The van der Waals surface area contributed by atoms with Gasteiger partial charge in [0, 0.05) is 11.6 Å². The van der Waals surface area contributed by atoms with Gasteiger partial charge in [0.2, 0.25) is 16.0 Å². The molecule has 6 nitrogen and oxygen atoms in total. The third-order valence-corrected chi connectivity index (χ3v) is 4.58. The van der Waals surface area contributed by atoms with Gasteiger partial charge in [0.05, 0.1) is 12.0 Å². The minimum Gasteiger partial charge on any atom is -0.300 e. The van der Waals surface area contributed by atoms with Gasteiger partial charge in [-0.25, -0.2) is 5.43 Å². The number of hydrazine groups is 1. The fraction of sp³-hybridized carbons (Fsp3) is 0.308. The van der Waals surface area contributed by atoms with Crippen molar-refractivity contribution in [3.8, 4) is 0 Å². The molecular formula is C13H11ClF3N5OS. The lowest BCUT2D eigenvalue weighted by molar-refractivity contribution is -0.138. The zero-order valence-electron chi connectivity index (χ0n) is 11.9. The summed E-state index contributed by atoms with van der Waals surface area (Å²) in [4.78, 5) is 12.4. The molecule has 3 N–H and O–H groups in total. The van der Waals surface area contributed by atoms with E-state index in [1.807, 2.05) is 0 Å². The maximum atomic E-state index is 12.5. The smallest absolute Gasteiger partial charge is 0.300 e. The lowest BCUT2D eigenvalue weighted by atomic mass is 9.94. The van der Waals surface area contributed by atoms with Crippen molar-refractivity contribution >= 4 is 34.0 Å². The number of anilines is 1. The molecule has 1 aromatic heterocycles. The maximum absolute atomic E-state index is 12.5. The van der Waals surface area contributed by atoms with Gasteiger partial charge in [-0.15, -0.1) is 10.2 Å². The molecule has 1 aliphatic heterocycles. The molecule has 2 unspecified atom stereocenters. The number of halogens is 4. The molecule has 0 bridgehead atoms. The van der Waals surface area contributed by atoms with E-state index in [9.17, 15) is 18.0 Å². The largest absolute Gasteiger partial charge is 0.445 e. The van der Waals surface area contributed by atoms with Crippen LogP contribution in [0.1, 0.15) is 16.6 Å². The van der Waals surface area contributed by atoms with Crippen LogP contribution in [0.3, 0.4) is 0 Å². The summed E-state index contributed by atoms with van der Waals surface area (Å²) in [6, 6.07) is 6.62. The van der Waals surface area contributed by atoms with E-state index < -0.39 is 23.0 Å². The highest BCUT2D eigenvalue weighted by atomic mass is 35.5. The predicted molar refractivity (Wildman–Crippen MR) is 82.4 cm³/mol. The molecule has 1 fully saturated rings. The molecule has 0 radical (unpaired) electrons. The molecule has 0 aliphatic carbocycles. The molecule has 1 aliphatic rings. The summed E-state index contributed by atoms with van der Waals surface area (Å²) < 4.78 is 37.6. The van der Waals surface area contributed by atoms with Crippen molar-refractivity contribution in [2.75, 3.05) is 11.9 Å². The first-order chi connectivity index (χ1) is 11.3. The van der Waals surface area contributed by atoms with Crippen LogP contribution in [0.25, 0.3) is 0 Å². The van der Waals surface area contributed by atoms with E-state index in [4.69, 9.17) is 11.6 Å². The van der Waals surface area contributed by atoms with Crippen LogP contribution in [0.4, 0.5) is 18.3 Å². The summed E-state index contributed by atoms with van der Waals surface area (Å²) in [5.74, 6) is -0.971. The highest BCUT2D eigenvalue weighted by Gasteiger charge is 2.37. The molecule has 1 aromatic carbocycles. The number of alkyl halides is 3. The average Bonchev–Trinajstić information content (AvgIpc) is 3.16. The highest BCUT2D eigenvalue weighted by Crippen LogP contribution is 2.33. The monoisotopic (exact) mass is 377 g/mol. The number of nitrogens with zero attached hydrogens (tertiary/aromatic N) is 2. The molecule has 128 valence electrons. The third kappa shape index (κ3) is 3.66. The second-order valence-electron chi connectivity index (χ2n) is 5.06. The quantitative estimate of drug-likeness (QED) is 0.766. The van der Waals surface area contributed by atoms with Crippen LogP contribution >= 0.6 is 22.9 Å². The fourth-order valence-electron chi connectivity index (χ4n) is 2.31. The minimum atomic E-state index is -4.58. The van der Waals surface area contributed by atoms with E-state index in [1.54, 1.807) is 24.3 Å². The highest BCUT2D eigenvalue weighted by molar-refractivity contribution is 7.15. The molecule has 1 amide bonds. The number of aromatic nitrogens is 2. The second kappa shape index (κ2) is 6.63. The molecule has 3 rings (SSSR count). The van der Waals surface area contributed by atoms with E-state index in [2.05, 4.69) is 26.4 Å². The van der Waals surface area contributed by atoms with Gasteiger partial charge in [-0.2, -0.15) is 13.2 Å². The number of carbonyl (C=O) groups excluding carboxylic acids is 1. The molecule has 2 atom stereocenters. The zero-order chi connectivity index (χ0) is 17.3. The Morgan fingerprint density at radius 1 is 1.29 bits per heavy atom. The van der Waals surface area contributed by atoms with Gasteiger partial charge in [0.25, 0.3) is 0 Å². The molecule has 0 saturated carbocycles. The van der Waals surface area contributed by atoms with Crippen molar-refractivity contribution in [3.05, 3.63) is 39.9 Å². The van der Waals surface area contributed by atoms with Crippen molar-refractivity contribution in [2.24, 2.45) is 5.92 Å². The predicted octanol–water partition coefficient (Wildman–Crippen LogP) is 2.61. The SMILES string of the molecule is O=C(Nc1nnc(C(F)(F)F)s1)C1CNNC1c1ccc(Cl)cc1. The summed E-state index contributed by atoms with van der Waals surface area (Å²) in [7, 11) is 0. The van der Waals surface area contributed by atoms with Crippen LogP contribution in [0.15, 0.2) is 24.3 Å². The molecule has 11 heteroatoms. The second-order valence-corrected chi connectivity index (χ2v) is 6.47. The Morgan fingerprint density at radius 3 is 2.62 bits per heavy atom. The Kier molecular flexibility index (Phi) is 4.72. The first-order valence-electron chi connectivity index (χ1n) is 6.80. The normalized spacial score (nSPS) is 21.0. The van der Waals surface area contributed by atoms with E-state index in [-0.39, 0.29) is 22.5 Å². The van der Waals surface area contributed by atoms with Gasteiger partial charge in [0.1, 0.15) is 0 Å². The van der Waals surface area contributed by atoms with Crippen LogP contribution < -0.4 is 16.2 Å². The van der Waals surface area contributed by atoms with Crippen molar-refractivity contribution < 1.29 is 18.0 Å². The number of amides is 1. The summed E-state index contributed by atoms with van der Waals surface area (Å²) in [5, 5.41) is 8.07. The Labute approximate surface area is 143 Å². The Bertz CT molecular complexity index is 736. The first-order valence-corrected chi connectivity index (χ1v) is 7.99. The lowest BCUT2D eigenvalue weighted by Gasteiger charge is -2.17. The third-order valence-electron chi connectivity index (χ3n) is 3.45. The lowest BCUT2D eigenvalue weighted by Crippen LogP contribution is -2.29. The maximum Gasteiger partial charge on any atom is 0.445 e. The molecule has 1 saturated heterocycles. The number of rotatable bonds is 3. The summed E-state index contributed by atoms with van der Waals surface area (Å²) >= 11 is 6.13. The average molecular weight is 378 g/mol. The molecule has 2 heterocycles. The van der Waals surface area contributed by atoms with E-state index in [1.165, 1.54) is 0 Å². The van der Waals surface area contributed by atoms with Crippen LogP contribution in [-0.4, -0.2) is 22.6 Å². The molecular weight excluding hydrogens is 367 g/mol. The van der Waals surface area contributed by atoms with Crippen molar-refractivity contribution in [2.45, 2.75) is 12.2 Å². The van der Waals surface area contributed by atoms with Crippen molar-refractivity contribution in [1.29, 1.82) is 0 Å². The van der Waals surface area contributed by atoms with Crippen molar-refractivity contribution in [3.63, 3.8) is 0 Å². The van der Waals surface area contributed by atoms with Crippen LogP contribution in [0, 0.1) is 5.92 Å². The van der Waals surface area contributed by atoms with E-state index >= 15 is 0 Å². The molecule has 0 spiro atoms. The number of nitrogens with one attached hydrogen (secondary N) is 3. The number of benzene rings is 1. The first kappa shape index (κ1) is 17.1. The standard InChI is InChI=1S/C13H11ClF3N5OS/c14-7-3-1-6(2-4-7)9-8(5-18-20-9)10(23)19-12-22-21-11(24-12)13(15,16)17/h1-4,8-9,18,20H,5H2,(H,19,22,23). The zero-order valence-corrected chi connectivity index (χ0v) is 13.5. The summed E-state index contributed by atoms with van der Waals surface area (Å²) in [6.45, 7) is 0.323. The summed E-state index contributed by atoms with van der Waals surface area (Å²) in [6.07, 6.45) is -4.58. The van der Waals surface area contributed by atoms with E-state index in [0.717, 1.165) is 5.56 Å². The van der Waals surface area contributed by atoms with Crippen LogP contribution in [0.2, 0.25) is 5.02 Å². The van der Waals surface area contributed by atoms with Gasteiger partial charge in [-0.1, -0.05) is 35.1 Å². The Hall–Kier alpha value is -1.75. The van der Waals surface area contributed by atoms with Gasteiger partial charge in [-0.05, 0) is 17.7 Å². The Balaban J connectivity index is 1.72. The number of hydrogen-bond acceptors (Lipinski definition) is 6. The van der Waals surface area contributed by atoms with Crippen molar-refractivity contribution in [1.82, 2.24) is 21.0 Å². The van der Waals surface area contributed by atoms with Gasteiger partial charge in [-0.3, -0.25) is 10.2 Å². The number of carbonyl (C=O) groups is 1. The molecule has 2 aromatic rings. The van der Waals surface area contributed by atoms with E-state index in [0.29, 0.717) is 11.6 Å². The Morgan fingerprint density at radius 2 is 2.00 bits per heavy atom. The molecule has 24 heavy (non-hydrogen) atoms. The fourth-order valence-corrected chi connectivity index (χ4v) is 3.05. The topological polar surface area (TPSA) is 78.9 Å². The van der Waals surface area contributed by atoms with Gasteiger partial charge >= 0.3 is 6.18 Å². The van der Waals surface area contributed by atoms with Crippen LogP contribution in [0.5, 0.6) is 0 Å².